The summed E-state index contributed by atoms with van der Waals surface area (Å²) in [6.07, 6.45) is 0. The maximum absolute atomic E-state index is 13.1. The van der Waals surface area contributed by atoms with Gasteiger partial charge in [0.2, 0.25) is 10.0 Å². The summed E-state index contributed by atoms with van der Waals surface area (Å²) in [5.41, 5.74) is 1.25. The molecule has 1 amide bonds. The number of rotatable bonds is 4. The number of hydrogen-bond acceptors (Lipinski definition) is 5. The third-order valence-corrected chi connectivity index (χ3v) is 7.47. The lowest BCUT2D eigenvalue weighted by Gasteiger charge is -2.34. The molecule has 0 N–H and O–H groups in total. The van der Waals surface area contributed by atoms with E-state index >= 15 is 0 Å². The smallest absolute Gasteiger partial charge is 0.408 e. The highest BCUT2D eigenvalue weighted by Crippen LogP contribution is 2.24. The predicted octanol–water partition coefficient (Wildman–Crippen LogP) is 2.98. The molecule has 0 atom stereocenters. The molecule has 1 fully saturated rings. The summed E-state index contributed by atoms with van der Waals surface area (Å²) in [5, 5.41) is 0.473. The second kappa shape index (κ2) is 8.14. The zero-order valence-corrected chi connectivity index (χ0v) is 18.7. The molecule has 4 rings (SSSR count). The van der Waals surface area contributed by atoms with E-state index in [0.717, 1.165) is 0 Å². The largest absolute Gasteiger partial charge is 0.420 e. The van der Waals surface area contributed by atoms with E-state index in [2.05, 4.69) is 0 Å². The van der Waals surface area contributed by atoms with Crippen LogP contribution in [-0.2, 0) is 10.0 Å². The van der Waals surface area contributed by atoms with Crippen molar-refractivity contribution in [2.75, 3.05) is 26.2 Å². The Morgan fingerprint density at radius 1 is 1.06 bits per heavy atom. The zero-order chi connectivity index (χ0) is 22.3. The quantitative estimate of drug-likeness (QED) is 0.593. The molecule has 1 aliphatic heterocycles. The van der Waals surface area contributed by atoms with Crippen LogP contribution in [0, 0.1) is 0 Å². The zero-order valence-electron chi connectivity index (χ0n) is 17.1. The van der Waals surface area contributed by atoms with Crippen LogP contribution in [0.1, 0.15) is 30.2 Å². The summed E-state index contributed by atoms with van der Waals surface area (Å²) in [7, 11) is -3.79. The molecule has 164 valence electrons. The Balaban J connectivity index is 1.53. The van der Waals surface area contributed by atoms with Crippen molar-refractivity contribution >= 4 is 38.6 Å². The Labute approximate surface area is 184 Å². The monoisotopic (exact) mass is 463 g/mol. The van der Waals surface area contributed by atoms with Gasteiger partial charge < -0.3 is 9.32 Å². The van der Waals surface area contributed by atoms with Crippen LogP contribution >= 0.6 is 11.6 Å². The number of oxazole rings is 1. The third kappa shape index (κ3) is 4.00. The lowest BCUT2D eigenvalue weighted by Crippen LogP contribution is -2.50. The molecule has 0 bridgehead atoms. The highest BCUT2D eigenvalue weighted by atomic mass is 35.5. The number of sulfonamides is 1. The minimum absolute atomic E-state index is 0.0549. The molecule has 0 spiro atoms. The number of halogens is 1. The minimum Gasteiger partial charge on any atom is -0.408 e. The molecular weight excluding hydrogens is 442 g/mol. The van der Waals surface area contributed by atoms with Crippen LogP contribution in [-0.4, -0.2) is 54.3 Å². The van der Waals surface area contributed by atoms with E-state index in [1.807, 2.05) is 13.8 Å². The van der Waals surface area contributed by atoms with Crippen molar-refractivity contribution in [3.05, 3.63) is 63.6 Å². The van der Waals surface area contributed by atoms with Crippen LogP contribution in [0.5, 0.6) is 0 Å². The topological polar surface area (TPSA) is 92.8 Å². The summed E-state index contributed by atoms with van der Waals surface area (Å²) in [4.78, 5) is 26.4. The molecule has 1 aliphatic rings. The number of nitrogens with zero attached hydrogens (tertiary/aromatic N) is 3. The Hall–Kier alpha value is -2.62. The van der Waals surface area contributed by atoms with Crippen molar-refractivity contribution in [1.29, 1.82) is 0 Å². The predicted molar refractivity (Wildman–Crippen MR) is 117 cm³/mol. The fraction of sp³-hybridized carbons (Fsp3) is 0.333. The van der Waals surface area contributed by atoms with Crippen molar-refractivity contribution in [1.82, 2.24) is 13.8 Å². The minimum atomic E-state index is -3.79. The highest BCUT2D eigenvalue weighted by Gasteiger charge is 2.31. The summed E-state index contributed by atoms with van der Waals surface area (Å²) < 4.78 is 34.3. The van der Waals surface area contributed by atoms with Gasteiger partial charge in [-0.05, 0) is 44.2 Å². The molecule has 2 aromatic carbocycles. The van der Waals surface area contributed by atoms with E-state index in [1.165, 1.54) is 21.0 Å². The number of amides is 1. The number of carbonyl (C=O) groups excluding carboxylic acids is 1. The second-order valence-corrected chi connectivity index (χ2v) is 10.0. The van der Waals surface area contributed by atoms with Gasteiger partial charge in [-0.3, -0.25) is 9.36 Å². The van der Waals surface area contributed by atoms with Crippen LogP contribution in [0.2, 0.25) is 5.02 Å². The van der Waals surface area contributed by atoms with E-state index in [9.17, 15) is 18.0 Å². The molecule has 0 radical (unpaired) electrons. The van der Waals surface area contributed by atoms with Gasteiger partial charge in [-0.2, -0.15) is 4.31 Å². The Bertz CT molecular complexity index is 1300. The second-order valence-electron chi connectivity index (χ2n) is 7.67. The number of fused-ring (bicyclic) bond motifs is 1. The molecule has 1 saturated heterocycles. The van der Waals surface area contributed by atoms with Crippen molar-refractivity contribution in [3.63, 3.8) is 0 Å². The van der Waals surface area contributed by atoms with E-state index in [-0.39, 0.29) is 48.6 Å². The van der Waals surface area contributed by atoms with E-state index < -0.39 is 15.8 Å². The normalized spacial score (nSPS) is 15.7. The molecule has 0 unspecified atom stereocenters. The lowest BCUT2D eigenvalue weighted by molar-refractivity contribution is 0.0698. The fourth-order valence-corrected chi connectivity index (χ4v) is 5.38. The number of benzene rings is 2. The lowest BCUT2D eigenvalue weighted by atomic mass is 10.2. The number of carbonyl (C=O) groups is 1. The summed E-state index contributed by atoms with van der Waals surface area (Å²) in [6.45, 7) is 4.58. The molecule has 0 saturated carbocycles. The van der Waals surface area contributed by atoms with Crippen molar-refractivity contribution in [3.8, 4) is 0 Å². The van der Waals surface area contributed by atoms with Gasteiger partial charge in [0, 0.05) is 48.9 Å². The molecule has 8 nitrogen and oxygen atoms in total. The fourth-order valence-electron chi connectivity index (χ4n) is 3.75. The number of hydrogen-bond donors (Lipinski definition) is 0. The van der Waals surface area contributed by atoms with Crippen LogP contribution in [0.3, 0.4) is 0 Å². The van der Waals surface area contributed by atoms with Gasteiger partial charge in [0.05, 0.1) is 10.4 Å². The average molecular weight is 464 g/mol. The van der Waals surface area contributed by atoms with Gasteiger partial charge >= 0.3 is 5.76 Å². The molecule has 10 heteroatoms. The molecule has 2 heterocycles. The van der Waals surface area contributed by atoms with Gasteiger partial charge in [-0.1, -0.05) is 17.7 Å². The van der Waals surface area contributed by atoms with Crippen LogP contribution in [0.4, 0.5) is 0 Å². The standard InChI is InChI=1S/C21H22ClN3O5S/c1-14(2)25-18-7-6-17(13-19(18)30-21(25)27)31(28,29)24-10-8-23(9-11-24)20(26)15-4-3-5-16(22)12-15/h3-7,12-14H,8-11H2,1-2H3. The Morgan fingerprint density at radius 3 is 2.42 bits per heavy atom. The summed E-state index contributed by atoms with van der Waals surface area (Å²) in [6, 6.07) is 11.0. The first-order valence-electron chi connectivity index (χ1n) is 9.88. The van der Waals surface area contributed by atoms with E-state index in [1.54, 1.807) is 35.2 Å². The molecule has 0 aliphatic carbocycles. The van der Waals surface area contributed by atoms with Crippen molar-refractivity contribution in [2.24, 2.45) is 0 Å². The van der Waals surface area contributed by atoms with E-state index in [4.69, 9.17) is 16.0 Å². The molecule has 3 aromatic rings. The first-order chi connectivity index (χ1) is 14.7. The molecule has 1 aromatic heterocycles. The van der Waals surface area contributed by atoms with Crippen LogP contribution < -0.4 is 5.76 Å². The molecular formula is C21H22ClN3O5S. The highest BCUT2D eigenvalue weighted by molar-refractivity contribution is 7.89. The maximum Gasteiger partial charge on any atom is 0.420 e. The Morgan fingerprint density at radius 2 is 1.77 bits per heavy atom. The third-order valence-electron chi connectivity index (χ3n) is 5.34. The number of aromatic nitrogens is 1. The maximum atomic E-state index is 13.1. The first-order valence-corrected chi connectivity index (χ1v) is 11.7. The van der Waals surface area contributed by atoms with Gasteiger partial charge in [0.1, 0.15) is 0 Å². The Kier molecular flexibility index (Phi) is 5.67. The average Bonchev–Trinajstić information content (AvgIpc) is 3.08. The van der Waals surface area contributed by atoms with Gasteiger partial charge in [0.15, 0.2) is 5.58 Å². The summed E-state index contributed by atoms with van der Waals surface area (Å²) >= 11 is 5.96. The van der Waals surface area contributed by atoms with E-state index in [0.29, 0.717) is 16.1 Å². The van der Waals surface area contributed by atoms with Crippen LogP contribution in [0.15, 0.2) is 56.6 Å². The van der Waals surface area contributed by atoms with Crippen LogP contribution in [0.25, 0.3) is 11.1 Å². The van der Waals surface area contributed by atoms with Crippen molar-refractivity contribution in [2.45, 2.75) is 24.8 Å². The first kappa shape index (κ1) is 21.6. The SMILES string of the molecule is CC(C)n1c(=O)oc2cc(S(=O)(=O)N3CCN(C(=O)c4cccc(Cl)c4)CC3)ccc21. The van der Waals surface area contributed by atoms with Gasteiger partial charge in [0.25, 0.3) is 5.91 Å². The number of piperazine rings is 1. The van der Waals surface area contributed by atoms with Gasteiger partial charge in [-0.25, -0.2) is 13.2 Å². The molecule has 31 heavy (non-hydrogen) atoms. The van der Waals surface area contributed by atoms with Gasteiger partial charge in [-0.15, -0.1) is 0 Å². The van der Waals surface area contributed by atoms with Crippen molar-refractivity contribution < 1.29 is 17.6 Å². The summed E-state index contributed by atoms with van der Waals surface area (Å²) in [5.74, 6) is -0.703.